The maximum atomic E-state index is 11.9. The molecule has 0 radical (unpaired) electrons. The number of benzene rings is 1. The number of ketones is 1. The van der Waals surface area contributed by atoms with Crippen molar-refractivity contribution in [2.24, 2.45) is 5.41 Å². The summed E-state index contributed by atoms with van der Waals surface area (Å²) in [6.07, 6.45) is 1.57. The molecular formula is C13H11ClN2O3. The Bertz CT molecular complexity index is 594. The second kappa shape index (κ2) is 4.98. The molecule has 6 heteroatoms. The standard InChI is InChI=1S/C13H11ClN2O3/c14-10-4-3-9(11(6-10)16(18)19)7-13(8-15)5-1-2-12(13)17/h3-4,6H,1-2,5,7H2. The molecule has 1 aliphatic carbocycles. The van der Waals surface area contributed by atoms with Gasteiger partial charge in [-0.25, -0.2) is 0 Å². The minimum atomic E-state index is -1.11. The molecule has 1 saturated carbocycles. The van der Waals surface area contributed by atoms with Gasteiger partial charge in [0.1, 0.15) is 5.41 Å². The molecule has 0 spiro atoms. The minimum Gasteiger partial charge on any atom is -0.298 e. The van der Waals surface area contributed by atoms with Crippen LogP contribution in [-0.2, 0) is 11.2 Å². The summed E-state index contributed by atoms with van der Waals surface area (Å²) in [6, 6.07) is 6.36. The number of nitrogens with zero attached hydrogens (tertiary/aromatic N) is 2. The SMILES string of the molecule is N#CC1(Cc2ccc(Cl)cc2[N+](=O)[O-])CCCC1=O. The monoisotopic (exact) mass is 278 g/mol. The highest BCUT2D eigenvalue weighted by Gasteiger charge is 2.43. The summed E-state index contributed by atoms with van der Waals surface area (Å²) in [7, 11) is 0. The second-order valence-electron chi connectivity index (χ2n) is 4.68. The molecule has 0 amide bonds. The van der Waals surface area contributed by atoms with Crippen molar-refractivity contribution in [3.8, 4) is 6.07 Å². The Hall–Kier alpha value is -1.93. The van der Waals surface area contributed by atoms with Crippen molar-refractivity contribution >= 4 is 23.1 Å². The summed E-state index contributed by atoms with van der Waals surface area (Å²) in [5.74, 6) is -0.126. The molecule has 1 unspecified atom stereocenters. The highest BCUT2D eigenvalue weighted by Crippen LogP contribution is 2.39. The van der Waals surface area contributed by atoms with Crippen LogP contribution in [0.25, 0.3) is 0 Å². The number of carbonyl (C=O) groups is 1. The molecule has 1 atom stereocenters. The van der Waals surface area contributed by atoms with Crippen LogP contribution in [0.5, 0.6) is 0 Å². The lowest BCUT2D eigenvalue weighted by molar-refractivity contribution is -0.385. The second-order valence-corrected chi connectivity index (χ2v) is 5.11. The first-order chi connectivity index (χ1) is 8.98. The van der Waals surface area contributed by atoms with Crippen molar-refractivity contribution in [2.45, 2.75) is 25.7 Å². The molecule has 0 aromatic heterocycles. The number of halogens is 1. The third-order valence-corrected chi connectivity index (χ3v) is 3.73. The summed E-state index contributed by atoms with van der Waals surface area (Å²) in [6.45, 7) is 0. The van der Waals surface area contributed by atoms with E-state index in [1.54, 1.807) is 0 Å². The first-order valence-corrected chi connectivity index (χ1v) is 6.24. The van der Waals surface area contributed by atoms with E-state index in [0.717, 1.165) is 0 Å². The fourth-order valence-electron chi connectivity index (χ4n) is 2.46. The Morgan fingerprint density at radius 1 is 1.53 bits per heavy atom. The number of carbonyl (C=O) groups excluding carboxylic acids is 1. The van der Waals surface area contributed by atoms with E-state index in [1.807, 2.05) is 0 Å². The van der Waals surface area contributed by atoms with Gasteiger partial charge in [0.2, 0.25) is 0 Å². The van der Waals surface area contributed by atoms with Gasteiger partial charge in [0.05, 0.1) is 11.0 Å². The Morgan fingerprint density at radius 2 is 2.26 bits per heavy atom. The molecule has 1 aromatic carbocycles. The van der Waals surface area contributed by atoms with Crippen molar-refractivity contribution in [2.75, 3.05) is 0 Å². The van der Waals surface area contributed by atoms with Gasteiger partial charge in [-0.2, -0.15) is 5.26 Å². The number of hydrogen-bond donors (Lipinski definition) is 0. The van der Waals surface area contributed by atoms with E-state index in [2.05, 4.69) is 6.07 Å². The molecule has 1 aromatic rings. The molecule has 1 aliphatic rings. The van der Waals surface area contributed by atoms with Crippen molar-refractivity contribution in [1.29, 1.82) is 5.26 Å². The van der Waals surface area contributed by atoms with Crippen molar-refractivity contribution < 1.29 is 9.72 Å². The van der Waals surface area contributed by atoms with Crippen LogP contribution in [0, 0.1) is 26.9 Å². The third kappa shape index (κ3) is 2.45. The molecule has 1 fully saturated rings. The number of nitro benzene ring substituents is 1. The van der Waals surface area contributed by atoms with Gasteiger partial charge in [-0.3, -0.25) is 14.9 Å². The van der Waals surface area contributed by atoms with Gasteiger partial charge in [-0.05, 0) is 18.9 Å². The van der Waals surface area contributed by atoms with Crippen LogP contribution >= 0.6 is 11.6 Å². The normalized spacial score (nSPS) is 22.2. The molecule has 0 saturated heterocycles. The van der Waals surface area contributed by atoms with Gasteiger partial charge < -0.3 is 0 Å². The molecule has 19 heavy (non-hydrogen) atoms. The fraction of sp³-hybridized carbons (Fsp3) is 0.385. The Balaban J connectivity index is 2.41. The zero-order valence-electron chi connectivity index (χ0n) is 10.1. The van der Waals surface area contributed by atoms with E-state index in [-0.39, 0.29) is 22.9 Å². The molecule has 0 bridgehead atoms. The van der Waals surface area contributed by atoms with Gasteiger partial charge in [0, 0.05) is 29.5 Å². The van der Waals surface area contributed by atoms with Crippen LogP contribution in [-0.4, -0.2) is 10.7 Å². The number of hydrogen-bond acceptors (Lipinski definition) is 4. The van der Waals surface area contributed by atoms with Crippen LogP contribution in [0.2, 0.25) is 5.02 Å². The zero-order valence-corrected chi connectivity index (χ0v) is 10.8. The predicted molar refractivity (Wildman–Crippen MR) is 68.7 cm³/mol. The number of nitriles is 1. The topological polar surface area (TPSA) is 84.0 Å². The first-order valence-electron chi connectivity index (χ1n) is 5.86. The molecule has 98 valence electrons. The molecule has 0 aliphatic heterocycles. The van der Waals surface area contributed by atoms with Crippen LogP contribution in [0.15, 0.2) is 18.2 Å². The maximum absolute atomic E-state index is 11.9. The molecule has 5 nitrogen and oxygen atoms in total. The molecule has 0 heterocycles. The van der Waals surface area contributed by atoms with Gasteiger partial charge >= 0.3 is 0 Å². The highest BCUT2D eigenvalue weighted by molar-refractivity contribution is 6.30. The van der Waals surface area contributed by atoms with E-state index in [1.165, 1.54) is 18.2 Å². The van der Waals surface area contributed by atoms with Gasteiger partial charge in [0.25, 0.3) is 5.69 Å². The lowest BCUT2D eigenvalue weighted by Gasteiger charge is -2.18. The largest absolute Gasteiger partial charge is 0.298 e. The molecule has 2 rings (SSSR count). The van der Waals surface area contributed by atoms with Crippen molar-refractivity contribution in [3.63, 3.8) is 0 Å². The van der Waals surface area contributed by atoms with Gasteiger partial charge in [0.15, 0.2) is 5.78 Å². The van der Waals surface area contributed by atoms with E-state index in [4.69, 9.17) is 11.6 Å². The quantitative estimate of drug-likeness (QED) is 0.628. The zero-order chi connectivity index (χ0) is 14.0. The summed E-state index contributed by atoms with van der Waals surface area (Å²) >= 11 is 5.74. The molecular weight excluding hydrogens is 268 g/mol. The van der Waals surface area contributed by atoms with Gasteiger partial charge in [-0.1, -0.05) is 17.7 Å². The first kappa shape index (κ1) is 13.5. The highest BCUT2D eigenvalue weighted by atomic mass is 35.5. The fourth-order valence-corrected chi connectivity index (χ4v) is 2.62. The van der Waals surface area contributed by atoms with Crippen LogP contribution in [0.4, 0.5) is 5.69 Å². The van der Waals surface area contributed by atoms with E-state index in [0.29, 0.717) is 24.8 Å². The summed E-state index contributed by atoms with van der Waals surface area (Å²) in [5, 5.41) is 20.5. The van der Waals surface area contributed by atoms with Crippen LogP contribution in [0.3, 0.4) is 0 Å². The third-order valence-electron chi connectivity index (χ3n) is 3.49. The Labute approximate surface area is 114 Å². The summed E-state index contributed by atoms with van der Waals surface area (Å²) < 4.78 is 0. The maximum Gasteiger partial charge on any atom is 0.274 e. The number of rotatable bonds is 3. The predicted octanol–water partition coefficient (Wildman–Crippen LogP) is 3.05. The van der Waals surface area contributed by atoms with E-state index >= 15 is 0 Å². The minimum absolute atomic E-state index is 0.0792. The van der Waals surface area contributed by atoms with Crippen LogP contribution < -0.4 is 0 Å². The number of nitro groups is 1. The smallest absolute Gasteiger partial charge is 0.274 e. The van der Waals surface area contributed by atoms with E-state index in [9.17, 15) is 20.2 Å². The summed E-state index contributed by atoms with van der Waals surface area (Å²) in [4.78, 5) is 22.3. The van der Waals surface area contributed by atoms with Crippen molar-refractivity contribution in [1.82, 2.24) is 0 Å². The van der Waals surface area contributed by atoms with E-state index < -0.39 is 10.3 Å². The van der Waals surface area contributed by atoms with Crippen molar-refractivity contribution in [3.05, 3.63) is 38.9 Å². The molecule has 0 N–H and O–H groups in total. The summed E-state index contributed by atoms with van der Waals surface area (Å²) in [5.41, 5.74) is -0.869. The Kier molecular flexibility index (Phi) is 3.54. The Morgan fingerprint density at radius 3 is 2.79 bits per heavy atom. The average molecular weight is 279 g/mol. The lowest BCUT2D eigenvalue weighted by Crippen LogP contribution is -2.26. The average Bonchev–Trinajstić information content (AvgIpc) is 2.73. The number of Topliss-reactive ketones (excluding diaryl/α,β-unsaturated/α-hetero) is 1. The van der Waals surface area contributed by atoms with Gasteiger partial charge in [-0.15, -0.1) is 0 Å². The van der Waals surface area contributed by atoms with Crippen LogP contribution in [0.1, 0.15) is 24.8 Å². The lowest BCUT2D eigenvalue weighted by atomic mass is 9.80.